The van der Waals surface area contributed by atoms with Gasteiger partial charge in [0, 0.05) is 16.9 Å². The van der Waals surface area contributed by atoms with E-state index >= 15 is 0 Å². The molecule has 19 nitrogen and oxygen atoms in total. The number of halogens is 3. The summed E-state index contributed by atoms with van der Waals surface area (Å²) in [6, 6.07) is -1.19. The average Bonchev–Trinajstić information content (AvgIpc) is 3.65. The van der Waals surface area contributed by atoms with Gasteiger partial charge in [-0.3, -0.25) is 29.6 Å². The third-order valence-corrected chi connectivity index (χ3v) is 8.79. The van der Waals surface area contributed by atoms with Gasteiger partial charge in [-0.2, -0.15) is 13.2 Å². The van der Waals surface area contributed by atoms with Crippen LogP contribution in [0.4, 0.5) is 18.3 Å². The fraction of sp³-hybridized carbons (Fsp3) is 0.381. The number of aliphatic carboxylic acids is 2. The first kappa shape index (κ1) is 34.3. The number of hydrazine groups is 2. The number of carboxylic acids is 2. The summed E-state index contributed by atoms with van der Waals surface area (Å²) in [6.07, 6.45) is -3.89. The monoisotopic (exact) mass is 710 g/mol. The van der Waals surface area contributed by atoms with Crippen molar-refractivity contribution in [3.8, 4) is 0 Å². The Bertz CT molecular complexity index is 1550. The fourth-order valence-electron chi connectivity index (χ4n) is 3.86. The van der Waals surface area contributed by atoms with Gasteiger partial charge in [0.1, 0.15) is 43.4 Å². The van der Waals surface area contributed by atoms with Crippen molar-refractivity contribution >= 4 is 87.6 Å². The predicted octanol–water partition coefficient (Wildman–Crippen LogP) is -0.551. The maximum Gasteiger partial charge on any atom is 0.471 e. The van der Waals surface area contributed by atoms with Crippen molar-refractivity contribution < 1.29 is 57.0 Å². The van der Waals surface area contributed by atoms with Crippen LogP contribution in [-0.2, 0) is 33.6 Å². The summed E-state index contributed by atoms with van der Waals surface area (Å²) >= 11 is 2.76. The van der Waals surface area contributed by atoms with E-state index in [0.717, 1.165) is 41.1 Å². The molecule has 2 atom stereocenters. The van der Waals surface area contributed by atoms with Crippen LogP contribution in [0.3, 0.4) is 0 Å². The van der Waals surface area contributed by atoms with Crippen molar-refractivity contribution in [3.63, 3.8) is 0 Å². The van der Waals surface area contributed by atoms with Crippen molar-refractivity contribution in [1.82, 2.24) is 30.3 Å². The predicted molar refractivity (Wildman–Crippen MR) is 155 cm³/mol. The molecule has 0 aliphatic carbocycles. The van der Waals surface area contributed by atoms with Gasteiger partial charge >= 0.3 is 24.0 Å². The van der Waals surface area contributed by atoms with E-state index in [1.807, 2.05) is 0 Å². The normalized spacial score (nSPS) is 19.9. The number of alkyl halides is 3. The largest absolute Gasteiger partial charge is 0.477 e. The maximum atomic E-state index is 13.1. The molecule has 1 aromatic heterocycles. The highest BCUT2D eigenvalue weighted by atomic mass is 32.2. The molecule has 4 rings (SSSR count). The minimum absolute atomic E-state index is 0.0555. The van der Waals surface area contributed by atoms with Gasteiger partial charge in [0.15, 0.2) is 16.6 Å². The fourth-order valence-corrected chi connectivity index (χ4v) is 6.82. The quantitative estimate of drug-likeness (QED) is 0.0747. The van der Waals surface area contributed by atoms with E-state index in [1.54, 1.807) is 5.32 Å². The number of nitrogens with one attached hydrogen (secondary N) is 3. The lowest BCUT2D eigenvalue weighted by atomic mass is 10.0. The van der Waals surface area contributed by atoms with Crippen molar-refractivity contribution in [2.75, 3.05) is 37.6 Å². The van der Waals surface area contributed by atoms with Crippen molar-refractivity contribution in [2.45, 2.75) is 17.6 Å². The molecule has 1 saturated heterocycles. The summed E-state index contributed by atoms with van der Waals surface area (Å²) in [5, 5.41) is 35.2. The number of thioether (sulfide) groups is 1. The average molecular weight is 711 g/mol. The first-order chi connectivity index (χ1) is 21.7. The van der Waals surface area contributed by atoms with Gasteiger partial charge < -0.3 is 25.2 Å². The van der Waals surface area contributed by atoms with Crippen LogP contribution >= 0.6 is 35.0 Å². The highest BCUT2D eigenvalue weighted by Crippen LogP contribution is 2.41. The van der Waals surface area contributed by atoms with Gasteiger partial charge in [0.2, 0.25) is 0 Å². The summed E-state index contributed by atoms with van der Waals surface area (Å²) in [4.78, 5) is 74.7. The molecule has 3 aliphatic rings. The number of nitrogens with zero attached hydrogens (tertiary/aromatic N) is 7. The number of rotatable bonds is 13. The number of anilines is 1. The van der Waals surface area contributed by atoms with Crippen LogP contribution in [0.2, 0.25) is 0 Å². The molecular formula is C21H21F3N10O9S3. The van der Waals surface area contributed by atoms with Crippen LogP contribution in [0, 0.1) is 0 Å². The van der Waals surface area contributed by atoms with E-state index in [-0.39, 0.29) is 35.2 Å². The van der Waals surface area contributed by atoms with Crippen molar-refractivity contribution in [3.05, 3.63) is 22.3 Å². The van der Waals surface area contributed by atoms with Crippen LogP contribution < -0.4 is 16.2 Å². The zero-order chi connectivity index (χ0) is 33.8. The van der Waals surface area contributed by atoms with E-state index in [9.17, 15) is 47.4 Å². The Hall–Kier alpha value is -4.62. The van der Waals surface area contributed by atoms with Crippen LogP contribution in [0.5, 0.6) is 0 Å². The van der Waals surface area contributed by atoms with E-state index in [1.165, 1.54) is 23.0 Å². The molecule has 5 N–H and O–H groups in total. The third kappa shape index (κ3) is 7.60. The number of thiazole rings is 1. The second-order valence-corrected chi connectivity index (χ2v) is 11.6. The summed E-state index contributed by atoms with van der Waals surface area (Å²) in [7, 11) is 2.28. The zero-order valence-corrected chi connectivity index (χ0v) is 25.6. The van der Waals surface area contributed by atoms with Crippen LogP contribution in [-0.4, -0.2) is 127 Å². The standard InChI is InChI=1S/C21H21F3N10O9S3/c1-42-29-9(17(37)38)3-32-7-25-34(31-32)46-5-8-4-44-16-12(15(36)33(16)13(8)18(39)40)27-14(35)11(30-43-2)10-6-45-20(26-10)28-19(41)21(22,23)24/h6-7,12,16,31H,3-5H2,1-2H3,(H,27,35)(H,37,38)(H,39,40)(H,26,28,41)/t12?,16-/m1/s1. The summed E-state index contributed by atoms with van der Waals surface area (Å²) in [5.41, 5.74) is 1.73. The molecule has 4 heterocycles. The highest BCUT2D eigenvalue weighted by Gasteiger charge is 2.54. The number of oxime groups is 2. The summed E-state index contributed by atoms with van der Waals surface area (Å²) in [6.45, 7) is -0.214. The van der Waals surface area contributed by atoms with Crippen LogP contribution in [0.15, 0.2) is 32.1 Å². The van der Waals surface area contributed by atoms with Crippen LogP contribution in [0.1, 0.15) is 5.69 Å². The van der Waals surface area contributed by atoms with E-state index in [4.69, 9.17) is 0 Å². The molecular weight excluding hydrogens is 689 g/mol. The number of carbonyl (C=O) groups is 5. The van der Waals surface area contributed by atoms with Crippen LogP contribution in [0.25, 0.3) is 0 Å². The molecule has 0 aromatic carbocycles. The molecule has 3 aliphatic heterocycles. The molecule has 0 saturated carbocycles. The Kier molecular flexibility index (Phi) is 10.6. The Balaban J connectivity index is 1.39. The Morgan fingerprint density at radius 2 is 1.93 bits per heavy atom. The van der Waals surface area contributed by atoms with Gasteiger partial charge in [-0.25, -0.2) is 14.6 Å². The number of carboxylic acid groups (broad SMARTS) is 2. The number of hydrogen-bond acceptors (Lipinski definition) is 17. The van der Waals surface area contributed by atoms with Crippen molar-refractivity contribution in [2.24, 2.45) is 15.4 Å². The van der Waals surface area contributed by atoms with Gasteiger partial charge in [-0.05, 0) is 17.5 Å². The van der Waals surface area contributed by atoms with Gasteiger partial charge in [-0.15, -0.1) is 38.3 Å². The lowest BCUT2D eigenvalue weighted by molar-refractivity contribution is -0.167. The number of fused-ring (bicyclic) bond motifs is 1. The molecule has 1 unspecified atom stereocenters. The SMILES string of the molecule is CON=C(CN1C=NN(SCC2=C(C(=O)O)N3C(=O)C(NC(=O)C(=NOC)c4csc(NC(=O)C(F)(F)F)n4)[C@H]3SC2)N1)C(=O)O. The van der Waals surface area contributed by atoms with Gasteiger partial charge in [-0.1, -0.05) is 10.3 Å². The zero-order valence-electron chi connectivity index (χ0n) is 23.2. The molecule has 0 spiro atoms. The second-order valence-electron chi connectivity index (χ2n) is 8.76. The van der Waals surface area contributed by atoms with E-state index in [0.29, 0.717) is 16.9 Å². The topological polar surface area (TPSA) is 240 Å². The highest BCUT2D eigenvalue weighted by molar-refractivity contribution is 8.00. The third-order valence-electron chi connectivity index (χ3n) is 5.80. The number of hydrazone groups is 1. The number of carbonyl (C=O) groups excluding carboxylic acids is 3. The second kappa shape index (κ2) is 14.2. The molecule has 3 amide bonds. The first-order valence-electron chi connectivity index (χ1n) is 12.2. The number of amides is 3. The molecule has 46 heavy (non-hydrogen) atoms. The molecule has 25 heteroatoms. The smallest absolute Gasteiger partial charge is 0.471 e. The molecule has 0 bridgehead atoms. The number of hydrogen-bond donors (Lipinski definition) is 5. The summed E-state index contributed by atoms with van der Waals surface area (Å²) in [5.74, 6) is -6.51. The van der Waals surface area contributed by atoms with E-state index < -0.39 is 58.1 Å². The Morgan fingerprint density at radius 1 is 1.22 bits per heavy atom. The summed E-state index contributed by atoms with van der Waals surface area (Å²) < 4.78 is 38.9. The molecule has 0 radical (unpaired) electrons. The van der Waals surface area contributed by atoms with Gasteiger partial charge in [0.25, 0.3) is 11.8 Å². The number of β-lactam (4-membered cyclic amide) rings is 1. The lowest BCUT2D eigenvalue weighted by Gasteiger charge is -2.49. The molecule has 248 valence electrons. The Morgan fingerprint density at radius 3 is 2.57 bits per heavy atom. The minimum atomic E-state index is -5.17. The molecule has 1 aromatic rings. The maximum absolute atomic E-state index is 13.1. The van der Waals surface area contributed by atoms with Crippen molar-refractivity contribution in [1.29, 1.82) is 0 Å². The number of aromatic nitrogens is 1. The minimum Gasteiger partial charge on any atom is -0.477 e. The first-order valence-corrected chi connectivity index (χ1v) is 15.1. The molecule has 1 fully saturated rings. The Labute approximate surface area is 267 Å². The van der Waals surface area contributed by atoms with E-state index in [2.05, 4.69) is 40.9 Å². The van der Waals surface area contributed by atoms with Gasteiger partial charge in [0.05, 0.1) is 6.54 Å². The lowest BCUT2D eigenvalue weighted by Crippen LogP contribution is -2.71.